The summed E-state index contributed by atoms with van der Waals surface area (Å²) in [5, 5.41) is 0.677. The molecule has 0 bridgehead atoms. The molecular formula is C25H25N3O2S. The molecule has 31 heavy (non-hydrogen) atoms. The van der Waals surface area contributed by atoms with Crippen molar-refractivity contribution in [1.29, 1.82) is 0 Å². The van der Waals surface area contributed by atoms with Gasteiger partial charge in [0.05, 0.1) is 23.7 Å². The Hall–Kier alpha value is -3.09. The van der Waals surface area contributed by atoms with Gasteiger partial charge in [0.25, 0.3) is 5.91 Å². The molecule has 0 unspecified atom stereocenters. The number of ether oxygens (including phenoxy) is 1. The number of amides is 1. The Balaban J connectivity index is 1.69. The molecule has 2 heterocycles. The Morgan fingerprint density at radius 1 is 1.00 bits per heavy atom. The molecule has 0 radical (unpaired) electrons. The van der Waals surface area contributed by atoms with E-state index in [0.717, 1.165) is 22.8 Å². The summed E-state index contributed by atoms with van der Waals surface area (Å²) < 4.78 is 7.64. The summed E-state index contributed by atoms with van der Waals surface area (Å²) in [7, 11) is 0. The maximum Gasteiger partial charge on any atom is 0.266 e. The van der Waals surface area contributed by atoms with Gasteiger partial charge in [-0.15, -0.1) is 0 Å². The van der Waals surface area contributed by atoms with Crippen LogP contribution in [0.25, 0.3) is 11.8 Å². The molecule has 0 spiro atoms. The summed E-state index contributed by atoms with van der Waals surface area (Å²) >= 11 is 1.41. The Morgan fingerprint density at radius 2 is 1.71 bits per heavy atom. The highest BCUT2D eigenvalue weighted by Gasteiger charge is 2.33. The van der Waals surface area contributed by atoms with E-state index in [-0.39, 0.29) is 5.91 Å². The van der Waals surface area contributed by atoms with Gasteiger partial charge in [0.1, 0.15) is 0 Å². The van der Waals surface area contributed by atoms with Crippen molar-refractivity contribution in [1.82, 2.24) is 9.47 Å². The van der Waals surface area contributed by atoms with Gasteiger partial charge in [-0.3, -0.25) is 9.69 Å². The summed E-state index contributed by atoms with van der Waals surface area (Å²) in [6.07, 6.45) is 1.95. The lowest BCUT2D eigenvalue weighted by Gasteiger charge is -2.15. The minimum absolute atomic E-state index is 0.0437. The van der Waals surface area contributed by atoms with Crippen molar-refractivity contribution in [2.24, 2.45) is 4.99 Å². The molecule has 5 nitrogen and oxygen atoms in total. The summed E-state index contributed by atoms with van der Waals surface area (Å²) in [6, 6.07) is 24.0. The number of thioether (sulfide) groups is 1. The van der Waals surface area contributed by atoms with Crippen molar-refractivity contribution in [3.8, 4) is 5.69 Å². The first-order chi connectivity index (χ1) is 15.2. The zero-order valence-electron chi connectivity index (χ0n) is 17.7. The molecule has 1 saturated heterocycles. The molecule has 1 aromatic heterocycles. The van der Waals surface area contributed by atoms with Crippen LogP contribution in [-0.2, 0) is 9.53 Å². The quantitative estimate of drug-likeness (QED) is 0.370. The highest BCUT2D eigenvalue weighted by atomic mass is 32.2. The number of benzene rings is 2. The molecule has 6 heteroatoms. The molecule has 0 atom stereocenters. The topological polar surface area (TPSA) is 46.8 Å². The molecule has 1 amide bonds. The summed E-state index contributed by atoms with van der Waals surface area (Å²) in [5.41, 5.74) is 3.97. The third-order valence-corrected chi connectivity index (χ3v) is 5.94. The fraction of sp³-hybridized carbons (Fsp3) is 0.200. The molecule has 2 aromatic carbocycles. The van der Waals surface area contributed by atoms with Crippen molar-refractivity contribution in [2.75, 3.05) is 19.8 Å². The predicted molar refractivity (Wildman–Crippen MR) is 128 cm³/mol. The standard InChI is InChI=1S/C25H25N3O2S/c1-3-30-17-16-27-24(29)23(31-25(27)26-20-10-6-4-7-11-20)18-22-15-14-19(2)28(22)21-12-8-5-9-13-21/h4-15,18H,3,16-17H2,1-2H3/b23-18-,26-25?. The van der Waals surface area contributed by atoms with E-state index in [1.54, 1.807) is 4.90 Å². The number of rotatable bonds is 7. The molecule has 3 aromatic rings. The van der Waals surface area contributed by atoms with Gasteiger partial charge in [0.2, 0.25) is 0 Å². The largest absolute Gasteiger partial charge is 0.380 e. The maximum atomic E-state index is 13.3. The zero-order valence-corrected chi connectivity index (χ0v) is 18.5. The average Bonchev–Trinajstić information content (AvgIpc) is 3.29. The Kier molecular flexibility index (Phi) is 6.70. The lowest BCUT2D eigenvalue weighted by atomic mass is 10.3. The second kappa shape index (κ2) is 9.81. The van der Waals surface area contributed by atoms with Crippen molar-refractivity contribution >= 4 is 34.6 Å². The van der Waals surface area contributed by atoms with Crippen molar-refractivity contribution in [3.05, 3.63) is 89.1 Å². The number of carbonyl (C=O) groups is 1. The van der Waals surface area contributed by atoms with Gasteiger partial charge in [-0.2, -0.15) is 0 Å². The van der Waals surface area contributed by atoms with Crippen LogP contribution in [0.3, 0.4) is 0 Å². The predicted octanol–water partition coefficient (Wildman–Crippen LogP) is 5.43. The number of hydrogen-bond donors (Lipinski definition) is 0. The number of hydrogen-bond acceptors (Lipinski definition) is 4. The minimum atomic E-state index is -0.0437. The number of carbonyl (C=O) groups excluding carboxylic acids is 1. The number of aliphatic imine (C=N–C) groups is 1. The Labute approximate surface area is 187 Å². The van der Waals surface area contributed by atoms with Crippen LogP contribution >= 0.6 is 11.8 Å². The summed E-state index contributed by atoms with van der Waals surface area (Å²) in [5.74, 6) is -0.0437. The van der Waals surface area contributed by atoms with Crippen LogP contribution in [0.4, 0.5) is 5.69 Å². The summed E-state index contributed by atoms with van der Waals surface area (Å²) in [6.45, 7) is 5.58. The van der Waals surface area contributed by atoms with Crippen LogP contribution in [0.5, 0.6) is 0 Å². The normalized spacial score (nSPS) is 16.6. The van der Waals surface area contributed by atoms with E-state index in [9.17, 15) is 4.79 Å². The molecule has 0 aliphatic carbocycles. The SMILES string of the molecule is CCOCCN1C(=O)/C(=C/c2ccc(C)n2-c2ccccc2)SC1=Nc1ccccc1. The summed E-state index contributed by atoms with van der Waals surface area (Å²) in [4.78, 5) is 20.3. The molecule has 4 rings (SSSR count). The fourth-order valence-electron chi connectivity index (χ4n) is 3.44. The van der Waals surface area contributed by atoms with Crippen LogP contribution in [0.15, 0.2) is 82.7 Å². The number of aryl methyl sites for hydroxylation is 1. The fourth-order valence-corrected chi connectivity index (χ4v) is 4.45. The maximum absolute atomic E-state index is 13.3. The lowest BCUT2D eigenvalue weighted by molar-refractivity contribution is -0.122. The molecule has 1 aliphatic rings. The number of para-hydroxylation sites is 2. The Morgan fingerprint density at radius 3 is 2.42 bits per heavy atom. The highest BCUT2D eigenvalue weighted by molar-refractivity contribution is 8.18. The van der Waals surface area contributed by atoms with Crippen molar-refractivity contribution in [3.63, 3.8) is 0 Å². The van der Waals surface area contributed by atoms with E-state index >= 15 is 0 Å². The second-order valence-corrected chi connectivity index (χ2v) is 8.07. The van der Waals surface area contributed by atoms with Crippen LogP contribution in [0, 0.1) is 6.92 Å². The molecular weight excluding hydrogens is 406 g/mol. The molecule has 158 valence electrons. The van der Waals surface area contributed by atoms with Crippen LogP contribution in [-0.4, -0.2) is 40.3 Å². The third kappa shape index (κ3) is 4.81. The van der Waals surface area contributed by atoms with Gasteiger partial charge in [0.15, 0.2) is 5.17 Å². The lowest BCUT2D eigenvalue weighted by Crippen LogP contribution is -2.32. The van der Waals surface area contributed by atoms with Crippen LogP contribution in [0.1, 0.15) is 18.3 Å². The van der Waals surface area contributed by atoms with Crippen LogP contribution < -0.4 is 0 Å². The Bertz CT molecular complexity index is 1100. The van der Waals surface area contributed by atoms with Gasteiger partial charge >= 0.3 is 0 Å². The molecule has 0 N–H and O–H groups in total. The van der Waals surface area contributed by atoms with Gasteiger partial charge in [0, 0.05) is 23.7 Å². The van der Waals surface area contributed by atoms with Crippen molar-refractivity contribution in [2.45, 2.75) is 13.8 Å². The van der Waals surface area contributed by atoms with Gasteiger partial charge in [-0.1, -0.05) is 36.4 Å². The smallest absolute Gasteiger partial charge is 0.266 e. The first kappa shape index (κ1) is 21.2. The van der Waals surface area contributed by atoms with Crippen molar-refractivity contribution < 1.29 is 9.53 Å². The van der Waals surface area contributed by atoms with Crippen LogP contribution in [0.2, 0.25) is 0 Å². The van der Waals surface area contributed by atoms with E-state index < -0.39 is 0 Å². The van der Waals surface area contributed by atoms with E-state index in [1.165, 1.54) is 11.8 Å². The first-order valence-electron chi connectivity index (χ1n) is 10.3. The molecule has 1 fully saturated rings. The number of nitrogens with zero attached hydrogens (tertiary/aromatic N) is 3. The number of amidine groups is 1. The second-order valence-electron chi connectivity index (χ2n) is 7.06. The van der Waals surface area contributed by atoms with Gasteiger partial charge in [-0.25, -0.2) is 4.99 Å². The zero-order chi connectivity index (χ0) is 21.6. The third-order valence-electron chi connectivity index (χ3n) is 4.93. The van der Waals surface area contributed by atoms with E-state index in [0.29, 0.717) is 29.8 Å². The van der Waals surface area contributed by atoms with Gasteiger partial charge in [-0.05, 0) is 68.1 Å². The van der Waals surface area contributed by atoms with E-state index in [4.69, 9.17) is 9.73 Å². The first-order valence-corrected chi connectivity index (χ1v) is 11.2. The highest BCUT2D eigenvalue weighted by Crippen LogP contribution is 2.34. The van der Waals surface area contributed by atoms with E-state index in [2.05, 4.69) is 29.7 Å². The minimum Gasteiger partial charge on any atom is -0.380 e. The molecule has 1 aliphatic heterocycles. The molecule has 0 saturated carbocycles. The van der Waals surface area contributed by atoms with Gasteiger partial charge < -0.3 is 9.30 Å². The number of aromatic nitrogens is 1. The monoisotopic (exact) mass is 431 g/mol. The average molecular weight is 432 g/mol. The van der Waals surface area contributed by atoms with E-state index in [1.807, 2.05) is 67.6 Å².